The Morgan fingerprint density at radius 1 is 1.17 bits per heavy atom. The molecule has 0 aromatic heterocycles. The number of ether oxygens (including phenoxy) is 1. The van der Waals surface area contributed by atoms with Crippen LogP contribution in [0.1, 0.15) is 43.7 Å². The molecule has 7 heteroatoms. The summed E-state index contributed by atoms with van der Waals surface area (Å²) in [6.07, 6.45) is 1.13. The maximum atomic E-state index is 13.3. The molecule has 0 saturated heterocycles. The molecule has 0 saturated carbocycles. The van der Waals surface area contributed by atoms with Gasteiger partial charge < -0.3 is 15.4 Å². The van der Waals surface area contributed by atoms with E-state index < -0.39 is 5.92 Å². The van der Waals surface area contributed by atoms with Gasteiger partial charge in [-0.15, -0.1) is 0 Å². The first-order chi connectivity index (χ1) is 16.8. The molecule has 2 N–H and O–H groups in total. The third kappa shape index (κ3) is 5.60. The summed E-state index contributed by atoms with van der Waals surface area (Å²) in [5.41, 5.74) is 3.66. The first kappa shape index (κ1) is 24.6. The fourth-order valence-electron chi connectivity index (χ4n) is 4.61. The lowest BCUT2D eigenvalue weighted by Crippen LogP contribution is -2.37. The van der Waals surface area contributed by atoms with Crippen molar-refractivity contribution in [3.63, 3.8) is 0 Å². The molecule has 180 valence electrons. The number of hydrogen-bond donors (Lipinski definition) is 2. The maximum absolute atomic E-state index is 13.3. The molecule has 0 bridgehead atoms. The van der Waals surface area contributed by atoms with Gasteiger partial charge in [0.05, 0.1) is 35.5 Å². The first-order valence-corrected chi connectivity index (χ1v) is 12.5. The molecule has 1 heterocycles. The van der Waals surface area contributed by atoms with Crippen LogP contribution in [-0.4, -0.2) is 24.6 Å². The molecule has 1 atom stereocenters. The van der Waals surface area contributed by atoms with Crippen LogP contribution in [0, 0.1) is 16.7 Å². The predicted molar refractivity (Wildman–Crippen MR) is 137 cm³/mol. The van der Waals surface area contributed by atoms with Crippen molar-refractivity contribution in [2.24, 2.45) is 5.41 Å². The lowest BCUT2D eigenvalue weighted by molar-refractivity contribution is -0.119. The number of dihydropyridines is 1. The Hall–Kier alpha value is -3.50. The van der Waals surface area contributed by atoms with E-state index in [0.29, 0.717) is 41.3 Å². The first-order valence-electron chi connectivity index (χ1n) is 11.6. The largest absolute Gasteiger partial charge is 0.497 e. The van der Waals surface area contributed by atoms with Crippen molar-refractivity contribution >= 4 is 23.5 Å². The number of nitriles is 1. The fraction of sp³-hybridized carbons (Fsp3) is 0.321. The van der Waals surface area contributed by atoms with Gasteiger partial charge >= 0.3 is 0 Å². The van der Waals surface area contributed by atoms with Crippen LogP contribution in [-0.2, 0) is 16.1 Å². The van der Waals surface area contributed by atoms with Crippen LogP contribution in [0.25, 0.3) is 0 Å². The zero-order valence-corrected chi connectivity index (χ0v) is 21.0. The standard InChI is InChI=1S/C28H29N3O3S/c1-28(2)13-22-26(23(32)14-28)25(19-9-11-20(34-3)12-10-19)21(15-29)27(31-22)35-17-24(33)30-16-18-7-5-4-6-8-18/h4-12,25,31H,13-14,16-17H2,1-3H3,(H,30,33). The van der Waals surface area contributed by atoms with Crippen LogP contribution in [0.4, 0.5) is 0 Å². The molecule has 1 unspecified atom stereocenters. The number of thioether (sulfide) groups is 1. The minimum Gasteiger partial charge on any atom is -0.497 e. The molecule has 1 aliphatic carbocycles. The van der Waals surface area contributed by atoms with E-state index in [9.17, 15) is 14.9 Å². The molecule has 2 aromatic rings. The highest BCUT2D eigenvalue weighted by atomic mass is 32.2. The molecule has 6 nitrogen and oxygen atoms in total. The molecule has 0 fully saturated rings. The van der Waals surface area contributed by atoms with Crippen molar-refractivity contribution in [3.05, 3.63) is 87.6 Å². The van der Waals surface area contributed by atoms with E-state index in [1.165, 1.54) is 11.8 Å². The van der Waals surface area contributed by atoms with Gasteiger partial charge in [-0.1, -0.05) is 68.1 Å². The number of Topliss-reactive ketones (excluding diaryl/α,β-unsaturated/α-hetero) is 1. The zero-order valence-electron chi connectivity index (χ0n) is 20.2. The van der Waals surface area contributed by atoms with Crippen LogP contribution in [0.15, 0.2) is 76.5 Å². The third-order valence-electron chi connectivity index (χ3n) is 6.26. The van der Waals surface area contributed by atoms with Crippen molar-refractivity contribution in [1.82, 2.24) is 10.6 Å². The van der Waals surface area contributed by atoms with Gasteiger partial charge in [-0.2, -0.15) is 5.26 Å². The summed E-state index contributed by atoms with van der Waals surface area (Å²) < 4.78 is 5.29. The van der Waals surface area contributed by atoms with E-state index in [1.807, 2.05) is 54.6 Å². The van der Waals surface area contributed by atoms with Gasteiger partial charge in [0.25, 0.3) is 0 Å². The van der Waals surface area contributed by atoms with Crippen LogP contribution in [0.3, 0.4) is 0 Å². The van der Waals surface area contributed by atoms with Crippen molar-refractivity contribution in [2.45, 2.75) is 39.2 Å². The molecule has 35 heavy (non-hydrogen) atoms. The smallest absolute Gasteiger partial charge is 0.230 e. The van der Waals surface area contributed by atoms with Gasteiger partial charge in [0.2, 0.25) is 5.91 Å². The second-order valence-electron chi connectivity index (χ2n) is 9.57. The second-order valence-corrected chi connectivity index (χ2v) is 10.6. The highest BCUT2D eigenvalue weighted by Crippen LogP contribution is 2.47. The predicted octanol–water partition coefficient (Wildman–Crippen LogP) is 4.81. The number of nitrogens with zero attached hydrogens (tertiary/aromatic N) is 1. The molecule has 0 radical (unpaired) electrons. The number of nitrogens with one attached hydrogen (secondary N) is 2. The Morgan fingerprint density at radius 2 is 1.89 bits per heavy atom. The Bertz CT molecular complexity index is 1220. The van der Waals surface area contributed by atoms with E-state index in [-0.39, 0.29) is 22.9 Å². The lowest BCUT2D eigenvalue weighted by atomic mass is 9.69. The van der Waals surface area contributed by atoms with E-state index >= 15 is 0 Å². The van der Waals surface area contributed by atoms with Crippen LogP contribution in [0.2, 0.25) is 0 Å². The summed E-state index contributed by atoms with van der Waals surface area (Å²) in [5.74, 6) is 0.337. The summed E-state index contributed by atoms with van der Waals surface area (Å²) in [4.78, 5) is 25.8. The average molecular weight is 488 g/mol. The molecule has 1 aliphatic heterocycles. The number of hydrogen-bond acceptors (Lipinski definition) is 6. The lowest BCUT2D eigenvalue weighted by Gasteiger charge is -2.39. The topological polar surface area (TPSA) is 91.2 Å². The zero-order chi connectivity index (χ0) is 25.0. The number of carbonyl (C=O) groups is 2. The van der Waals surface area contributed by atoms with Crippen LogP contribution >= 0.6 is 11.8 Å². The highest BCUT2D eigenvalue weighted by molar-refractivity contribution is 8.03. The van der Waals surface area contributed by atoms with Gasteiger partial charge in [-0.25, -0.2) is 0 Å². The maximum Gasteiger partial charge on any atom is 0.230 e. The van der Waals surface area contributed by atoms with Gasteiger partial charge in [-0.05, 0) is 35.1 Å². The van der Waals surface area contributed by atoms with Gasteiger partial charge in [0, 0.05) is 24.2 Å². The SMILES string of the molecule is COc1ccc(C2C(C#N)=C(SCC(=O)NCc3ccccc3)NC3=C2C(=O)CC(C)(C)C3)cc1. The third-order valence-corrected chi connectivity index (χ3v) is 7.27. The number of benzene rings is 2. The Balaban J connectivity index is 1.60. The van der Waals surface area contributed by atoms with Crippen molar-refractivity contribution in [1.29, 1.82) is 5.26 Å². The quantitative estimate of drug-likeness (QED) is 0.582. The summed E-state index contributed by atoms with van der Waals surface area (Å²) in [6, 6.07) is 19.5. The van der Waals surface area contributed by atoms with E-state index in [2.05, 4.69) is 30.6 Å². The summed E-state index contributed by atoms with van der Waals surface area (Å²) >= 11 is 1.30. The molecule has 2 aliphatic rings. The monoisotopic (exact) mass is 487 g/mol. The number of allylic oxidation sites excluding steroid dienone is 3. The molecule has 2 aromatic carbocycles. The fourth-order valence-corrected chi connectivity index (χ4v) is 5.50. The number of amides is 1. The number of rotatable bonds is 7. The highest BCUT2D eigenvalue weighted by Gasteiger charge is 2.41. The summed E-state index contributed by atoms with van der Waals surface area (Å²) in [5, 5.41) is 17.1. The number of ketones is 1. The van der Waals surface area contributed by atoms with Crippen LogP contribution in [0.5, 0.6) is 5.75 Å². The van der Waals surface area contributed by atoms with Crippen molar-refractivity contribution in [3.8, 4) is 11.8 Å². The molecule has 4 rings (SSSR count). The molecule has 1 amide bonds. The van der Waals surface area contributed by atoms with Gasteiger partial charge in [-0.3, -0.25) is 9.59 Å². The average Bonchev–Trinajstić information content (AvgIpc) is 2.85. The second kappa shape index (κ2) is 10.4. The Kier molecular flexibility index (Phi) is 7.32. The minimum absolute atomic E-state index is 0.0574. The Morgan fingerprint density at radius 3 is 2.54 bits per heavy atom. The van der Waals surface area contributed by atoms with E-state index in [1.54, 1.807) is 7.11 Å². The number of carbonyl (C=O) groups excluding carboxylic acids is 2. The minimum atomic E-state index is -0.472. The summed E-state index contributed by atoms with van der Waals surface area (Å²) in [6.45, 7) is 4.60. The van der Waals surface area contributed by atoms with E-state index in [4.69, 9.17) is 4.74 Å². The Labute approximate surface area is 210 Å². The summed E-state index contributed by atoms with van der Waals surface area (Å²) in [7, 11) is 1.60. The van der Waals surface area contributed by atoms with E-state index in [0.717, 1.165) is 16.8 Å². The molecular weight excluding hydrogens is 458 g/mol. The van der Waals surface area contributed by atoms with Crippen LogP contribution < -0.4 is 15.4 Å². The van der Waals surface area contributed by atoms with Gasteiger partial charge in [0.1, 0.15) is 5.75 Å². The normalized spacial score (nSPS) is 18.9. The van der Waals surface area contributed by atoms with Crippen molar-refractivity contribution < 1.29 is 14.3 Å². The van der Waals surface area contributed by atoms with Gasteiger partial charge in [0.15, 0.2) is 5.78 Å². The van der Waals surface area contributed by atoms with Crippen molar-refractivity contribution in [2.75, 3.05) is 12.9 Å². The number of methoxy groups -OCH3 is 1. The molecular formula is C28H29N3O3S. The molecule has 0 spiro atoms.